The first-order chi connectivity index (χ1) is 13.4. The molecular weight excluding hydrogens is 386 g/mol. The van der Waals surface area contributed by atoms with Gasteiger partial charge in [0.05, 0.1) is 23.1 Å². The van der Waals surface area contributed by atoms with Crippen molar-refractivity contribution in [2.24, 2.45) is 5.10 Å². The van der Waals surface area contributed by atoms with Crippen LogP contribution in [0.25, 0.3) is 0 Å². The Labute approximate surface area is 165 Å². The number of nitro benzene ring substituents is 1. The SMILES string of the molecule is O=C(O)CCC(=O)N1N=C(c2ccc([N+](=O)[O-])cc2)CC1c1ccccc1Cl. The summed E-state index contributed by atoms with van der Waals surface area (Å²) in [4.78, 5) is 33.7. The summed E-state index contributed by atoms with van der Waals surface area (Å²) in [6.07, 6.45) is -0.124. The molecule has 2 aromatic carbocycles. The van der Waals surface area contributed by atoms with Crippen LogP contribution < -0.4 is 0 Å². The third kappa shape index (κ3) is 4.17. The Morgan fingerprint density at radius 2 is 1.86 bits per heavy atom. The third-order valence-corrected chi connectivity index (χ3v) is 4.74. The van der Waals surface area contributed by atoms with Gasteiger partial charge in [-0.05, 0) is 29.3 Å². The molecule has 0 aromatic heterocycles. The quantitative estimate of drug-likeness (QED) is 0.584. The lowest BCUT2D eigenvalue weighted by atomic mass is 9.98. The predicted molar refractivity (Wildman–Crippen MR) is 102 cm³/mol. The Morgan fingerprint density at radius 3 is 2.46 bits per heavy atom. The topological polar surface area (TPSA) is 113 Å². The van der Waals surface area contributed by atoms with Crippen LogP contribution in [-0.2, 0) is 9.59 Å². The smallest absolute Gasteiger partial charge is 0.303 e. The van der Waals surface area contributed by atoms with Gasteiger partial charge in [-0.25, -0.2) is 5.01 Å². The second kappa shape index (κ2) is 8.18. The van der Waals surface area contributed by atoms with E-state index in [1.54, 1.807) is 36.4 Å². The number of carbonyl (C=O) groups excluding carboxylic acids is 1. The Balaban J connectivity index is 1.92. The van der Waals surface area contributed by atoms with Crippen LogP contribution in [0.3, 0.4) is 0 Å². The van der Waals surface area contributed by atoms with Crippen LogP contribution in [0.15, 0.2) is 53.6 Å². The van der Waals surface area contributed by atoms with Crippen LogP contribution in [-0.4, -0.2) is 32.6 Å². The molecule has 1 N–H and O–H groups in total. The van der Waals surface area contributed by atoms with Crippen LogP contribution in [0.2, 0.25) is 5.02 Å². The number of carboxylic acids is 1. The molecule has 1 aliphatic heterocycles. The van der Waals surface area contributed by atoms with E-state index in [1.807, 2.05) is 0 Å². The molecule has 1 unspecified atom stereocenters. The molecule has 0 saturated carbocycles. The molecule has 3 rings (SSSR count). The maximum absolute atomic E-state index is 12.6. The van der Waals surface area contributed by atoms with Gasteiger partial charge < -0.3 is 5.11 Å². The molecule has 0 saturated heterocycles. The van der Waals surface area contributed by atoms with E-state index in [9.17, 15) is 19.7 Å². The van der Waals surface area contributed by atoms with Gasteiger partial charge in [-0.3, -0.25) is 19.7 Å². The van der Waals surface area contributed by atoms with Crippen LogP contribution >= 0.6 is 11.6 Å². The average molecular weight is 402 g/mol. The first-order valence-electron chi connectivity index (χ1n) is 8.47. The number of nitrogens with zero attached hydrogens (tertiary/aromatic N) is 3. The average Bonchev–Trinajstić information content (AvgIpc) is 3.11. The Bertz CT molecular complexity index is 958. The number of amides is 1. The number of hydrogen-bond acceptors (Lipinski definition) is 5. The fraction of sp³-hybridized carbons (Fsp3) is 0.211. The molecule has 0 spiro atoms. The highest BCUT2D eigenvalue weighted by Gasteiger charge is 2.34. The Morgan fingerprint density at radius 1 is 1.18 bits per heavy atom. The van der Waals surface area contributed by atoms with E-state index < -0.39 is 22.8 Å². The lowest BCUT2D eigenvalue weighted by Gasteiger charge is -2.22. The van der Waals surface area contributed by atoms with Crippen molar-refractivity contribution in [3.8, 4) is 0 Å². The van der Waals surface area contributed by atoms with Crippen LogP contribution in [0.5, 0.6) is 0 Å². The summed E-state index contributed by atoms with van der Waals surface area (Å²) in [5.74, 6) is -1.49. The molecule has 1 aliphatic rings. The molecule has 0 bridgehead atoms. The fourth-order valence-electron chi connectivity index (χ4n) is 3.01. The minimum atomic E-state index is -1.07. The summed E-state index contributed by atoms with van der Waals surface area (Å²) in [5.41, 5.74) is 1.88. The maximum Gasteiger partial charge on any atom is 0.303 e. The largest absolute Gasteiger partial charge is 0.481 e. The van der Waals surface area contributed by atoms with Crippen molar-refractivity contribution in [3.05, 3.63) is 74.8 Å². The number of non-ortho nitro benzene ring substituents is 1. The summed E-state index contributed by atoms with van der Waals surface area (Å²) < 4.78 is 0. The van der Waals surface area contributed by atoms with Crippen LogP contribution in [0.4, 0.5) is 5.69 Å². The van der Waals surface area contributed by atoms with Gasteiger partial charge in [-0.2, -0.15) is 5.10 Å². The molecule has 9 heteroatoms. The zero-order valence-electron chi connectivity index (χ0n) is 14.6. The molecule has 8 nitrogen and oxygen atoms in total. The van der Waals surface area contributed by atoms with E-state index >= 15 is 0 Å². The van der Waals surface area contributed by atoms with Gasteiger partial charge in [0.15, 0.2) is 0 Å². The second-order valence-electron chi connectivity index (χ2n) is 6.22. The summed E-state index contributed by atoms with van der Waals surface area (Å²) in [6.45, 7) is 0. The lowest BCUT2D eigenvalue weighted by Crippen LogP contribution is -2.27. The molecule has 2 aromatic rings. The van der Waals surface area contributed by atoms with Crippen molar-refractivity contribution < 1.29 is 19.6 Å². The van der Waals surface area contributed by atoms with Gasteiger partial charge in [0.2, 0.25) is 5.91 Å². The molecule has 1 atom stereocenters. The van der Waals surface area contributed by atoms with Gasteiger partial charge in [0.25, 0.3) is 5.69 Å². The van der Waals surface area contributed by atoms with Gasteiger partial charge >= 0.3 is 5.97 Å². The number of carboxylic acid groups (broad SMARTS) is 1. The monoisotopic (exact) mass is 401 g/mol. The minimum Gasteiger partial charge on any atom is -0.481 e. The minimum absolute atomic E-state index is 0.0422. The number of carbonyl (C=O) groups is 2. The predicted octanol–water partition coefficient (Wildman–Crippen LogP) is 3.79. The van der Waals surface area contributed by atoms with Gasteiger partial charge in [-0.1, -0.05) is 29.8 Å². The number of nitro groups is 1. The zero-order valence-corrected chi connectivity index (χ0v) is 15.4. The number of halogens is 1. The van der Waals surface area contributed by atoms with Gasteiger partial charge in [0, 0.05) is 30.0 Å². The molecular formula is C19H16ClN3O5. The molecule has 0 radical (unpaired) electrons. The second-order valence-corrected chi connectivity index (χ2v) is 6.63. The van der Waals surface area contributed by atoms with Crippen molar-refractivity contribution >= 4 is 34.9 Å². The van der Waals surface area contributed by atoms with Gasteiger partial charge in [0.1, 0.15) is 0 Å². The molecule has 0 fully saturated rings. The summed E-state index contributed by atoms with van der Waals surface area (Å²) >= 11 is 6.29. The fourth-order valence-corrected chi connectivity index (χ4v) is 3.27. The number of aliphatic carboxylic acids is 1. The first-order valence-corrected chi connectivity index (χ1v) is 8.85. The van der Waals surface area contributed by atoms with Crippen molar-refractivity contribution in [3.63, 3.8) is 0 Å². The zero-order chi connectivity index (χ0) is 20.3. The molecule has 144 valence electrons. The molecule has 1 heterocycles. The highest BCUT2D eigenvalue weighted by molar-refractivity contribution is 6.31. The van der Waals surface area contributed by atoms with Crippen molar-refractivity contribution in [1.82, 2.24) is 5.01 Å². The van der Waals surface area contributed by atoms with E-state index in [4.69, 9.17) is 16.7 Å². The van der Waals surface area contributed by atoms with Gasteiger partial charge in [-0.15, -0.1) is 0 Å². The Kier molecular flexibility index (Phi) is 5.70. The van der Waals surface area contributed by atoms with E-state index in [2.05, 4.69) is 5.10 Å². The van der Waals surface area contributed by atoms with E-state index in [1.165, 1.54) is 17.1 Å². The van der Waals surface area contributed by atoms with Crippen LogP contribution in [0.1, 0.15) is 36.4 Å². The summed E-state index contributed by atoms with van der Waals surface area (Å²) in [7, 11) is 0. The molecule has 1 amide bonds. The van der Waals surface area contributed by atoms with E-state index in [-0.39, 0.29) is 18.5 Å². The number of benzene rings is 2. The van der Waals surface area contributed by atoms with Crippen LogP contribution in [0, 0.1) is 10.1 Å². The summed E-state index contributed by atoms with van der Waals surface area (Å²) in [6, 6.07) is 12.5. The maximum atomic E-state index is 12.6. The lowest BCUT2D eigenvalue weighted by molar-refractivity contribution is -0.384. The highest BCUT2D eigenvalue weighted by Crippen LogP contribution is 2.36. The van der Waals surface area contributed by atoms with Crippen molar-refractivity contribution in [2.45, 2.75) is 25.3 Å². The Hall–Kier alpha value is -3.26. The van der Waals surface area contributed by atoms with Crippen molar-refractivity contribution in [2.75, 3.05) is 0 Å². The number of hydrazone groups is 1. The molecule has 28 heavy (non-hydrogen) atoms. The standard InChI is InChI=1S/C19H16ClN3O5/c20-15-4-2-1-3-14(15)17-11-16(12-5-7-13(8-6-12)23(27)28)21-22(17)18(24)9-10-19(25)26/h1-8,17H,9-11H2,(H,25,26). The van der Waals surface area contributed by atoms with E-state index in [0.29, 0.717) is 28.3 Å². The summed E-state index contributed by atoms with van der Waals surface area (Å²) in [5, 5.41) is 25.8. The number of rotatable bonds is 6. The first kappa shape index (κ1) is 19.5. The highest BCUT2D eigenvalue weighted by atomic mass is 35.5. The third-order valence-electron chi connectivity index (χ3n) is 4.39. The van der Waals surface area contributed by atoms with E-state index in [0.717, 1.165) is 0 Å². The molecule has 0 aliphatic carbocycles. The number of hydrogen-bond donors (Lipinski definition) is 1. The normalized spacial score (nSPS) is 16.0. The van der Waals surface area contributed by atoms with Crippen molar-refractivity contribution in [1.29, 1.82) is 0 Å².